The van der Waals surface area contributed by atoms with Crippen molar-refractivity contribution in [2.45, 2.75) is 19.4 Å². The van der Waals surface area contributed by atoms with Gasteiger partial charge in [-0.3, -0.25) is 9.36 Å². The van der Waals surface area contributed by atoms with E-state index in [1.54, 1.807) is 4.57 Å². The van der Waals surface area contributed by atoms with Crippen LogP contribution in [0.3, 0.4) is 0 Å². The maximum atomic E-state index is 12.5. The number of benzene rings is 1. The van der Waals surface area contributed by atoms with Crippen LogP contribution in [-0.4, -0.2) is 22.8 Å². The Bertz CT molecular complexity index is 773. The number of para-hydroxylation sites is 1. The van der Waals surface area contributed by atoms with Gasteiger partial charge in [-0.1, -0.05) is 23.8 Å². The van der Waals surface area contributed by atoms with Crippen molar-refractivity contribution >= 4 is 23.1 Å². The highest BCUT2D eigenvalue weighted by Gasteiger charge is 2.08. The normalized spacial score (nSPS) is 15.3. The maximum Gasteiger partial charge on any atom is 0.262 e. The molecule has 20 heavy (non-hydrogen) atoms. The van der Waals surface area contributed by atoms with Gasteiger partial charge in [-0.2, -0.15) is 0 Å². The summed E-state index contributed by atoms with van der Waals surface area (Å²) in [4.78, 5) is 15.6. The van der Waals surface area contributed by atoms with Crippen LogP contribution in [0.15, 0.2) is 40.7 Å². The lowest BCUT2D eigenvalue weighted by Crippen LogP contribution is -2.22. The van der Waals surface area contributed by atoms with E-state index < -0.39 is 0 Å². The molecule has 0 bridgehead atoms. The van der Waals surface area contributed by atoms with Gasteiger partial charge in [-0.25, -0.2) is 0 Å². The van der Waals surface area contributed by atoms with Crippen LogP contribution in [0.5, 0.6) is 0 Å². The minimum absolute atomic E-state index is 0.0167. The molecule has 0 saturated heterocycles. The number of rotatable bonds is 3. The van der Waals surface area contributed by atoms with Crippen LogP contribution in [0.1, 0.15) is 12.8 Å². The molecule has 1 aliphatic heterocycles. The molecule has 3 rings (SSSR count). The van der Waals surface area contributed by atoms with Gasteiger partial charge >= 0.3 is 0 Å². The molecule has 1 N–H and O–H groups in total. The number of nitrogens with one attached hydrogen (secondary N) is 1. The molecule has 2 aromatic rings. The van der Waals surface area contributed by atoms with Crippen LogP contribution in [0.2, 0.25) is 0 Å². The lowest BCUT2D eigenvalue weighted by molar-refractivity contribution is 0.153. The number of ether oxygens (including phenoxy) is 1. The van der Waals surface area contributed by atoms with Crippen molar-refractivity contribution < 1.29 is 4.74 Å². The predicted octanol–water partition coefficient (Wildman–Crippen LogP) is 2.80. The number of aromatic amines is 1. The molecule has 0 atom stereocenters. The third-order valence-corrected chi connectivity index (χ3v) is 3.93. The van der Waals surface area contributed by atoms with E-state index in [4.69, 9.17) is 17.0 Å². The Morgan fingerprint density at radius 1 is 1.35 bits per heavy atom. The number of H-pyrrole nitrogens is 1. The maximum absolute atomic E-state index is 12.5. The van der Waals surface area contributed by atoms with Gasteiger partial charge in [0, 0.05) is 6.54 Å². The summed E-state index contributed by atoms with van der Waals surface area (Å²) in [5, 5.41) is 0.682. The summed E-state index contributed by atoms with van der Waals surface area (Å²) in [5.41, 5.74) is 2.12. The van der Waals surface area contributed by atoms with Crippen LogP contribution in [0.25, 0.3) is 10.9 Å². The fraction of sp³-hybridized carbons (Fsp3) is 0.333. The Hall–Kier alpha value is -1.72. The number of aromatic nitrogens is 2. The van der Waals surface area contributed by atoms with Gasteiger partial charge in [0.1, 0.15) is 0 Å². The van der Waals surface area contributed by atoms with E-state index in [0.29, 0.717) is 23.3 Å². The van der Waals surface area contributed by atoms with Gasteiger partial charge in [-0.15, -0.1) is 0 Å². The third kappa shape index (κ3) is 2.59. The van der Waals surface area contributed by atoms with Crippen molar-refractivity contribution in [3.05, 3.63) is 51.0 Å². The van der Waals surface area contributed by atoms with Crippen molar-refractivity contribution in [1.29, 1.82) is 0 Å². The van der Waals surface area contributed by atoms with Gasteiger partial charge in [0.2, 0.25) is 0 Å². The van der Waals surface area contributed by atoms with Gasteiger partial charge in [0.05, 0.1) is 24.1 Å². The van der Waals surface area contributed by atoms with Gasteiger partial charge in [0.15, 0.2) is 4.77 Å². The summed E-state index contributed by atoms with van der Waals surface area (Å²) < 4.78 is 7.42. The summed E-state index contributed by atoms with van der Waals surface area (Å²) in [5.74, 6) is 0. The molecule has 2 heterocycles. The lowest BCUT2D eigenvalue weighted by Gasteiger charge is -2.14. The van der Waals surface area contributed by atoms with E-state index in [-0.39, 0.29) is 5.56 Å². The molecule has 104 valence electrons. The summed E-state index contributed by atoms with van der Waals surface area (Å²) in [6.45, 7) is 2.06. The van der Waals surface area contributed by atoms with Crippen LogP contribution >= 0.6 is 12.2 Å². The first-order valence-corrected chi connectivity index (χ1v) is 7.14. The molecule has 5 heteroatoms. The predicted molar refractivity (Wildman–Crippen MR) is 81.5 cm³/mol. The van der Waals surface area contributed by atoms with Crippen LogP contribution in [-0.2, 0) is 11.3 Å². The molecule has 0 fully saturated rings. The molecule has 0 saturated carbocycles. The quantitative estimate of drug-likeness (QED) is 0.698. The lowest BCUT2D eigenvalue weighted by atomic mass is 10.1. The van der Waals surface area contributed by atoms with Crippen molar-refractivity contribution in [1.82, 2.24) is 9.55 Å². The summed E-state index contributed by atoms with van der Waals surface area (Å²) >= 11 is 5.30. The topological polar surface area (TPSA) is 47.0 Å². The zero-order valence-corrected chi connectivity index (χ0v) is 11.9. The Labute approximate surface area is 121 Å². The summed E-state index contributed by atoms with van der Waals surface area (Å²) in [6.07, 6.45) is 3.89. The van der Waals surface area contributed by atoms with E-state index in [2.05, 4.69) is 11.1 Å². The summed E-state index contributed by atoms with van der Waals surface area (Å²) in [6, 6.07) is 7.46. The van der Waals surface area contributed by atoms with Crippen LogP contribution < -0.4 is 5.56 Å². The van der Waals surface area contributed by atoms with Crippen molar-refractivity contribution in [3.63, 3.8) is 0 Å². The second-order valence-electron chi connectivity index (χ2n) is 4.87. The average molecular weight is 288 g/mol. The highest BCUT2D eigenvalue weighted by molar-refractivity contribution is 7.71. The smallest absolute Gasteiger partial charge is 0.262 e. The zero-order chi connectivity index (χ0) is 13.9. The van der Waals surface area contributed by atoms with E-state index in [0.717, 1.165) is 25.0 Å². The van der Waals surface area contributed by atoms with Gasteiger partial charge in [0.25, 0.3) is 5.56 Å². The van der Waals surface area contributed by atoms with Gasteiger partial charge < -0.3 is 9.72 Å². The van der Waals surface area contributed by atoms with Crippen molar-refractivity contribution in [2.75, 3.05) is 13.2 Å². The number of hydrogen-bond acceptors (Lipinski definition) is 3. The Morgan fingerprint density at radius 3 is 3.00 bits per heavy atom. The second-order valence-corrected chi connectivity index (χ2v) is 5.26. The Morgan fingerprint density at radius 2 is 2.20 bits per heavy atom. The minimum Gasteiger partial charge on any atom is -0.377 e. The molecule has 4 nitrogen and oxygen atoms in total. The first kappa shape index (κ1) is 13.3. The molecule has 0 spiro atoms. The van der Waals surface area contributed by atoms with Crippen molar-refractivity contribution in [3.8, 4) is 0 Å². The first-order valence-electron chi connectivity index (χ1n) is 6.73. The monoisotopic (exact) mass is 288 g/mol. The summed E-state index contributed by atoms with van der Waals surface area (Å²) in [7, 11) is 0. The molecular formula is C15H16N2O2S. The molecule has 0 amide bonds. The second kappa shape index (κ2) is 5.73. The fourth-order valence-corrected chi connectivity index (χ4v) is 2.73. The standard InChI is InChI=1S/C15H16N2O2S/c18-14-12-3-1-2-4-13(12)16-15(20)17(14)8-5-11-6-9-19-10-7-11/h1-4,6H,5,7-10H2,(H,16,20). The van der Waals surface area contributed by atoms with Crippen molar-refractivity contribution in [2.24, 2.45) is 0 Å². The van der Waals surface area contributed by atoms with E-state index in [9.17, 15) is 4.79 Å². The van der Waals surface area contributed by atoms with Crippen LogP contribution in [0.4, 0.5) is 0 Å². The molecule has 1 aromatic carbocycles. The highest BCUT2D eigenvalue weighted by Crippen LogP contribution is 2.13. The fourth-order valence-electron chi connectivity index (χ4n) is 2.45. The van der Waals surface area contributed by atoms with Gasteiger partial charge in [-0.05, 0) is 37.2 Å². The molecule has 1 aliphatic rings. The molecule has 0 aliphatic carbocycles. The van der Waals surface area contributed by atoms with E-state index in [1.807, 2.05) is 24.3 Å². The Balaban J connectivity index is 1.93. The molecule has 0 radical (unpaired) electrons. The number of fused-ring (bicyclic) bond motifs is 1. The average Bonchev–Trinajstić information content (AvgIpc) is 2.48. The van der Waals surface area contributed by atoms with E-state index >= 15 is 0 Å². The molecule has 1 aromatic heterocycles. The number of nitrogens with zero attached hydrogens (tertiary/aromatic N) is 1. The highest BCUT2D eigenvalue weighted by atomic mass is 32.1. The first-order chi connectivity index (χ1) is 9.75. The SMILES string of the molecule is O=c1c2ccccc2[nH]c(=S)n1CCC1=CCOCC1. The Kier molecular flexibility index (Phi) is 3.80. The van der Waals surface area contributed by atoms with Crippen LogP contribution in [0, 0.1) is 4.77 Å². The third-order valence-electron chi connectivity index (χ3n) is 3.60. The van der Waals surface area contributed by atoms with E-state index in [1.165, 1.54) is 5.57 Å². The number of hydrogen-bond donors (Lipinski definition) is 1. The minimum atomic E-state index is -0.0167. The largest absolute Gasteiger partial charge is 0.377 e. The molecule has 0 unspecified atom stereocenters. The molecular weight excluding hydrogens is 272 g/mol. The zero-order valence-electron chi connectivity index (χ0n) is 11.1.